The number of hydrogen-bond donors (Lipinski definition) is 0. The molecule has 0 aliphatic rings. The SMILES string of the molecule is Cc1nc(C(=O)C=C[O-])c(C)s1.[Na+]. The Labute approximate surface area is 103 Å². The van der Waals surface area contributed by atoms with E-state index in [9.17, 15) is 9.90 Å². The maximum Gasteiger partial charge on any atom is 1.00 e. The fraction of sp³-hybridized carbons (Fsp3) is 0.250. The van der Waals surface area contributed by atoms with E-state index in [0.717, 1.165) is 16.0 Å². The van der Waals surface area contributed by atoms with Crippen molar-refractivity contribution in [2.45, 2.75) is 13.8 Å². The Morgan fingerprint density at radius 2 is 2.15 bits per heavy atom. The molecule has 1 aromatic heterocycles. The number of rotatable bonds is 2. The molecule has 0 bridgehead atoms. The summed E-state index contributed by atoms with van der Waals surface area (Å²) in [5.74, 6) is -0.313. The smallest absolute Gasteiger partial charge is 0.878 e. The van der Waals surface area contributed by atoms with Crippen molar-refractivity contribution in [2.24, 2.45) is 0 Å². The summed E-state index contributed by atoms with van der Waals surface area (Å²) in [6.45, 7) is 3.64. The topological polar surface area (TPSA) is 53.0 Å². The standard InChI is InChI=1S/C8H9NO2S.Na/c1-5-8(7(11)3-4-10)9-6(2)12-5;/h3-4,10H,1-2H3;/q;+1/p-1. The summed E-state index contributed by atoms with van der Waals surface area (Å²) in [4.78, 5) is 16.0. The predicted octanol–water partition coefficient (Wildman–Crippen LogP) is -2.18. The molecule has 0 unspecified atom stereocenters. The van der Waals surface area contributed by atoms with Gasteiger partial charge >= 0.3 is 29.6 Å². The zero-order chi connectivity index (χ0) is 9.14. The fourth-order valence-electron chi connectivity index (χ4n) is 0.898. The molecule has 0 radical (unpaired) electrons. The second-order valence-corrected chi connectivity index (χ2v) is 3.71. The number of carbonyl (C=O) groups excluding carboxylic acids is 1. The Hall–Kier alpha value is -0.160. The second-order valence-electron chi connectivity index (χ2n) is 2.30. The quantitative estimate of drug-likeness (QED) is 0.239. The Morgan fingerprint density at radius 1 is 1.54 bits per heavy atom. The van der Waals surface area contributed by atoms with Crippen LogP contribution >= 0.6 is 11.3 Å². The molecule has 0 spiro atoms. The first kappa shape index (κ1) is 12.8. The normalized spacial score (nSPS) is 10.0. The van der Waals surface area contributed by atoms with E-state index in [0.29, 0.717) is 12.0 Å². The average molecular weight is 205 g/mol. The first-order chi connectivity index (χ1) is 5.65. The van der Waals surface area contributed by atoms with Crippen LogP contribution in [0.2, 0.25) is 0 Å². The molecule has 0 amide bonds. The molecule has 5 heteroatoms. The van der Waals surface area contributed by atoms with Crippen LogP contribution in [0.15, 0.2) is 12.3 Å². The van der Waals surface area contributed by atoms with Gasteiger partial charge in [-0.15, -0.1) is 17.6 Å². The minimum absolute atomic E-state index is 0. The molecule has 0 aliphatic heterocycles. The number of aryl methyl sites for hydroxylation is 2. The molecule has 1 aromatic rings. The zero-order valence-corrected chi connectivity index (χ0v) is 10.6. The van der Waals surface area contributed by atoms with Gasteiger partial charge in [0.15, 0.2) is 0 Å². The van der Waals surface area contributed by atoms with E-state index >= 15 is 0 Å². The first-order valence-corrected chi connectivity index (χ1v) is 4.23. The molecule has 64 valence electrons. The minimum atomic E-state index is -0.313. The third kappa shape index (κ3) is 3.23. The molecule has 13 heavy (non-hydrogen) atoms. The summed E-state index contributed by atoms with van der Waals surface area (Å²) in [5, 5.41) is 10.8. The van der Waals surface area contributed by atoms with Gasteiger partial charge in [-0.1, -0.05) is 0 Å². The Balaban J connectivity index is 0.00000144. The molecule has 0 N–H and O–H groups in total. The monoisotopic (exact) mass is 205 g/mol. The van der Waals surface area contributed by atoms with Crippen molar-refractivity contribution < 1.29 is 39.5 Å². The molecule has 0 aliphatic carbocycles. The van der Waals surface area contributed by atoms with Crippen molar-refractivity contribution in [3.63, 3.8) is 0 Å². The largest absolute Gasteiger partial charge is 1.00 e. The van der Waals surface area contributed by atoms with Crippen molar-refractivity contribution in [3.05, 3.63) is 27.9 Å². The minimum Gasteiger partial charge on any atom is -0.878 e. The third-order valence-electron chi connectivity index (χ3n) is 1.36. The van der Waals surface area contributed by atoms with Gasteiger partial charge in [0.25, 0.3) is 0 Å². The molecular formula is C8H8NNaO2S. The van der Waals surface area contributed by atoms with Crippen LogP contribution in [-0.2, 0) is 0 Å². The number of hydrogen-bond acceptors (Lipinski definition) is 4. The van der Waals surface area contributed by atoms with Gasteiger partial charge in [0.1, 0.15) is 5.69 Å². The first-order valence-electron chi connectivity index (χ1n) is 3.42. The Kier molecular flexibility index (Phi) is 5.48. The van der Waals surface area contributed by atoms with E-state index in [1.54, 1.807) is 0 Å². The number of allylic oxidation sites excluding steroid dienone is 1. The van der Waals surface area contributed by atoms with Crippen molar-refractivity contribution in [2.75, 3.05) is 0 Å². The predicted molar refractivity (Wildman–Crippen MR) is 45.1 cm³/mol. The summed E-state index contributed by atoms with van der Waals surface area (Å²) in [6.07, 6.45) is 1.47. The molecule has 0 fully saturated rings. The molecule has 1 rings (SSSR count). The molecule has 3 nitrogen and oxygen atoms in total. The maximum absolute atomic E-state index is 11.1. The molecule has 0 saturated carbocycles. The van der Waals surface area contributed by atoms with E-state index in [4.69, 9.17) is 0 Å². The van der Waals surface area contributed by atoms with Crippen LogP contribution in [0.5, 0.6) is 0 Å². The summed E-state index contributed by atoms with van der Waals surface area (Å²) in [6, 6.07) is 0. The van der Waals surface area contributed by atoms with E-state index in [1.165, 1.54) is 11.3 Å². The molecule has 0 atom stereocenters. The molecule has 1 heterocycles. The van der Waals surface area contributed by atoms with Crippen LogP contribution in [0.1, 0.15) is 20.4 Å². The van der Waals surface area contributed by atoms with E-state index in [2.05, 4.69) is 4.98 Å². The fourth-order valence-corrected chi connectivity index (χ4v) is 1.72. The van der Waals surface area contributed by atoms with Crippen molar-refractivity contribution >= 4 is 17.1 Å². The summed E-state index contributed by atoms with van der Waals surface area (Å²) in [7, 11) is 0. The molecular weight excluding hydrogens is 197 g/mol. The third-order valence-corrected chi connectivity index (χ3v) is 2.24. The number of carbonyl (C=O) groups is 1. The summed E-state index contributed by atoms with van der Waals surface area (Å²) >= 11 is 1.46. The van der Waals surface area contributed by atoms with Crippen LogP contribution in [0.3, 0.4) is 0 Å². The number of nitrogens with zero attached hydrogens (tertiary/aromatic N) is 1. The van der Waals surface area contributed by atoms with Gasteiger partial charge in [0.2, 0.25) is 5.78 Å². The summed E-state index contributed by atoms with van der Waals surface area (Å²) < 4.78 is 0. The number of ketones is 1. The molecule has 0 saturated heterocycles. The molecule has 0 aromatic carbocycles. The van der Waals surface area contributed by atoms with Crippen molar-refractivity contribution in [1.29, 1.82) is 0 Å². The van der Waals surface area contributed by atoms with Crippen LogP contribution in [0.4, 0.5) is 0 Å². The maximum atomic E-state index is 11.1. The average Bonchev–Trinajstić information content (AvgIpc) is 2.30. The van der Waals surface area contributed by atoms with Gasteiger partial charge in [-0.25, -0.2) is 4.98 Å². The van der Waals surface area contributed by atoms with Gasteiger partial charge in [-0.3, -0.25) is 4.79 Å². The van der Waals surface area contributed by atoms with E-state index < -0.39 is 0 Å². The van der Waals surface area contributed by atoms with Crippen molar-refractivity contribution in [1.82, 2.24) is 4.98 Å². The zero-order valence-electron chi connectivity index (χ0n) is 7.83. The van der Waals surface area contributed by atoms with Gasteiger partial charge in [0.05, 0.1) is 5.01 Å². The summed E-state index contributed by atoms with van der Waals surface area (Å²) in [5.41, 5.74) is 0.393. The van der Waals surface area contributed by atoms with E-state index in [1.807, 2.05) is 13.8 Å². The van der Waals surface area contributed by atoms with Gasteiger partial charge in [-0.05, 0) is 19.9 Å². The Bertz CT molecular complexity index is 333. The van der Waals surface area contributed by atoms with Crippen LogP contribution in [0.25, 0.3) is 0 Å². The second kappa shape index (κ2) is 5.54. The Morgan fingerprint density at radius 3 is 2.54 bits per heavy atom. The van der Waals surface area contributed by atoms with Gasteiger partial charge in [-0.2, -0.15) is 0 Å². The van der Waals surface area contributed by atoms with Gasteiger partial charge < -0.3 is 5.11 Å². The van der Waals surface area contributed by atoms with Crippen molar-refractivity contribution in [3.8, 4) is 0 Å². The van der Waals surface area contributed by atoms with Crippen LogP contribution < -0.4 is 34.7 Å². The van der Waals surface area contributed by atoms with Crippen LogP contribution in [-0.4, -0.2) is 10.8 Å². The van der Waals surface area contributed by atoms with E-state index in [-0.39, 0.29) is 35.3 Å². The number of thiazole rings is 1. The van der Waals surface area contributed by atoms with Gasteiger partial charge in [0, 0.05) is 4.88 Å². The van der Waals surface area contributed by atoms with Crippen LogP contribution in [0, 0.1) is 13.8 Å². The number of aromatic nitrogens is 1.